The maximum Gasteiger partial charge on any atom is 0.326 e. The molecule has 12 nitrogen and oxygen atoms in total. The van der Waals surface area contributed by atoms with Crippen LogP contribution in [0.15, 0.2) is 0 Å². The van der Waals surface area contributed by atoms with Gasteiger partial charge in [-0.1, -0.05) is 25.6 Å². The van der Waals surface area contributed by atoms with Crippen molar-refractivity contribution < 1.29 is 43.3 Å². The lowest BCUT2D eigenvalue weighted by Gasteiger charge is -2.31. The van der Waals surface area contributed by atoms with Gasteiger partial charge >= 0.3 is 11.9 Å². The molecule has 1 unspecified atom stereocenters. The van der Waals surface area contributed by atoms with E-state index in [2.05, 4.69) is 20.7 Å². The number of aliphatic hydroxyl groups is 1. The van der Waals surface area contributed by atoms with Crippen LogP contribution in [0, 0.1) is 5.41 Å². The van der Waals surface area contributed by atoms with Crippen LogP contribution < -0.4 is 16.0 Å². The quantitative estimate of drug-likeness (QED) is 0.162. The number of ether oxygens (including phenoxy) is 2. The van der Waals surface area contributed by atoms with Gasteiger partial charge in [0.2, 0.25) is 11.8 Å². The molecular formula is C20H33N3O9S. The van der Waals surface area contributed by atoms with Crippen molar-refractivity contribution >= 4 is 46.5 Å². The Hall–Kier alpha value is -2.67. The van der Waals surface area contributed by atoms with Gasteiger partial charge in [0, 0.05) is 44.0 Å². The Bertz CT molecular complexity index is 713. The molecule has 0 aliphatic rings. The lowest BCUT2D eigenvalue weighted by molar-refractivity contribution is -0.164. The van der Waals surface area contributed by atoms with Crippen LogP contribution in [0.3, 0.4) is 0 Å². The van der Waals surface area contributed by atoms with E-state index in [1.807, 2.05) is 0 Å². The van der Waals surface area contributed by atoms with Crippen molar-refractivity contribution in [2.75, 3.05) is 39.1 Å². The molecule has 0 aromatic heterocycles. The summed E-state index contributed by atoms with van der Waals surface area (Å²) in [5.74, 6) is -2.47. The first-order chi connectivity index (χ1) is 15.4. The van der Waals surface area contributed by atoms with Gasteiger partial charge in [-0.05, 0) is 0 Å². The molecule has 0 spiro atoms. The van der Waals surface area contributed by atoms with Gasteiger partial charge in [0.25, 0.3) is 5.91 Å². The summed E-state index contributed by atoms with van der Waals surface area (Å²) in [6.07, 6.45) is -1.33. The Morgan fingerprint density at radius 3 is 2.18 bits per heavy atom. The molecule has 4 N–H and O–H groups in total. The van der Waals surface area contributed by atoms with E-state index in [1.165, 1.54) is 27.9 Å². The minimum Gasteiger partial charge on any atom is -0.469 e. The van der Waals surface area contributed by atoms with Crippen LogP contribution in [0.4, 0.5) is 0 Å². The Morgan fingerprint density at radius 1 is 0.939 bits per heavy atom. The summed E-state index contributed by atoms with van der Waals surface area (Å²) in [4.78, 5) is 69.7. The third-order valence-corrected chi connectivity index (χ3v) is 5.12. The van der Waals surface area contributed by atoms with Gasteiger partial charge in [-0.15, -0.1) is 0 Å². The van der Waals surface area contributed by atoms with E-state index in [1.54, 1.807) is 0 Å². The number of carbonyl (C=O) groups excluding carboxylic acids is 6. The molecule has 0 aliphatic carbocycles. The highest BCUT2D eigenvalue weighted by Crippen LogP contribution is 2.23. The monoisotopic (exact) mass is 491 g/mol. The average molecular weight is 492 g/mol. The molecule has 0 aromatic carbocycles. The van der Waals surface area contributed by atoms with E-state index in [-0.39, 0.29) is 43.4 Å². The maximum atomic E-state index is 12.5. The van der Waals surface area contributed by atoms with Gasteiger partial charge in [-0.2, -0.15) is 0 Å². The van der Waals surface area contributed by atoms with E-state index in [4.69, 9.17) is 4.74 Å². The van der Waals surface area contributed by atoms with Crippen LogP contribution in [0.25, 0.3) is 0 Å². The van der Waals surface area contributed by atoms with E-state index in [0.29, 0.717) is 5.75 Å². The van der Waals surface area contributed by atoms with Crippen molar-refractivity contribution in [3.63, 3.8) is 0 Å². The number of esters is 2. The Balaban J connectivity index is 4.36. The van der Waals surface area contributed by atoms with Gasteiger partial charge in [-0.25, -0.2) is 0 Å². The fourth-order valence-electron chi connectivity index (χ4n) is 2.23. The molecule has 1 atom stereocenters. The molecule has 0 aliphatic heterocycles. The number of methoxy groups -OCH3 is 1. The van der Waals surface area contributed by atoms with Crippen LogP contribution in [-0.2, 0) is 38.2 Å². The second kappa shape index (κ2) is 16.0. The molecule has 0 aromatic rings. The summed E-state index contributed by atoms with van der Waals surface area (Å²) in [6, 6.07) is 0. The Labute approximate surface area is 196 Å². The largest absolute Gasteiger partial charge is 0.469 e. The number of hydrogen-bond acceptors (Lipinski definition) is 10. The molecule has 13 heteroatoms. The molecule has 0 saturated heterocycles. The van der Waals surface area contributed by atoms with Crippen molar-refractivity contribution in [2.24, 2.45) is 5.41 Å². The third kappa shape index (κ3) is 14.2. The number of rotatable bonds is 15. The highest BCUT2D eigenvalue weighted by atomic mass is 32.2. The smallest absolute Gasteiger partial charge is 0.326 e. The van der Waals surface area contributed by atoms with E-state index in [0.717, 1.165) is 11.8 Å². The molecule has 0 radical (unpaired) electrons. The first kappa shape index (κ1) is 30.3. The zero-order chi connectivity index (χ0) is 25.4. The van der Waals surface area contributed by atoms with Crippen molar-refractivity contribution in [1.82, 2.24) is 16.0 Å². The number of hydrogen-bond donors (Lipinski definition) is 4. The maximum absolute atomic E-state index is 12.5. The summed E-state index contributed by atoms with van der Waals surface area (Å²) in [6.45, 7) is 3.59. The molecule has 0 saturated carbocycles. The molecular weight excluding hydrogens is 458 g/mol. The highest BCUT2D eigenvalue weighted by molar-refractivity contribution is 8.13. The van der Waals surface area contributed by atoms with Crippen LogP contribution in [-0.4, -0.2) is 85.1 Å². The van der Waals surface area contributed by atoms with Crippen molar-refractivity contribution in [3.8, 4) is 0 Å². The third-order valence-electron chi connectivity index (χ3n) is 4.19. The number of thioether (sulfide) groups is 1. The van der Waals surface area contributed by atoms with Crippen LogP contribution in [0.5, 0.6) is 0 Å². The Kier molecular flexibility index (Phi) is 14.7. The standard InChI is InChI=1S/C20H33N3O9S/c1-13(25)23-11-16(28)32-18(20(2,3)12-24)19(30)22-8-7-14(26)21-9-10-33-17(29)6-5-15(27)31-4/h18,24H,5-12H2,1-4H3,(H,21,26)(H,22,30)(H,23,25). The molecule has 188 valence electrons. The van der Waals surface area contributed by atoms with Gasteiger partial charge in [0.1, 0.15) is 6.54 Å². The van der Waals surface area contributed by atoms with Crippen molar-refractivity contribution in [2.45, 2.75) is 46.1 Å². The molecule has 0 heterocycles. The highest BCUT2D eigenvalue weighted by Gasteiger charge is 2.38. The van der Waals surface area contributed by atoms with Crippen molar-refractivity contribution in [1.29, 1.82) is 0 Å². The predicted molar refractivity (Wildman–Crippen MR) is 119 cm³/mol. The molecule has 0 fully saturated rings. The zero-order valence-electron chi connectivity index (χ0n) is 19.4. The SMILES string of the molecule is COC(=O)CCC(=O)SCCNC(=O)CCNC(=O)C(OC(=O)CNC(C)=O)C(C)(C)CO. The van der Waals surface area contributed by atoms with E-state index < -0.39 is 48.4 Å². The molecule has 0 rings (SSSR count). The van der Waals surface area contributed by atoms with Gasteiger partial charge in [-0.3, -0.25) is 28.8 Å². The Morgan fingerprint density at radius 2 is 1.61 bits per heavy atom. The second-order valence-electron chi connectivity index (χ2n) is 7.61. The fourth-order valence-corrected chi connectivity index (χ4v) is 2.91. The molecule has 3 amide bonds. The van der Waals surface area contributed by atoms with Gasteiger partial charge < -0.3 is 30.5 Å². The minimum atomic E-state index is -1.33. The number of aliphatic hydroxyl groups excluding tert-OH is 1. The van der Waals surface area contributed by atoms with Gasteiger partial charge in [0.05, 0.1) is 20.1 Å². The lowest BCUT2D eigenvalue weighted by atomic mass is 9.86. The lowest BCUT2D eigenvalue weighted by Crippen LogP contribution is -2.49. The van der Waals surface area contributed by atoms with Crippen LogP contribution in [0.2, 0.25) is 0 Å². The summed E-state index contributed by atoms with van der Waals surface area (Å²) in [7, 11) is 1.24. The van der Waals surface area contributed by atoms with E-state index in [9.17, 15) is 33.9 Å². The minimum absolute atomic E-state index is 0.00498. The normalized spacial score (nSPS) is 11.7. The fraction of sp³-hybridized carbons (Fsp3) is 0.700. The summed E-state index contributed by atoms with van der Waals surface area (Å²) in [5.41, 5.74) is -1.10. The molecule has 0 bridgehead atoms. The van der Waals surface area contributed by atoms with Gasteiger partial charge in [0.15, 0.2) is 11.2 Å². The summed E-state index contributed by atoms with van der Waals surface area (Å²) in [5, 5.41) is 16.7. The number of carbonyl (C=O) groups is 6. The number of amides is 3. The van der Waals surface area contributed by atoms with Crippen LogP contribution >= 0.6 is 11.8 Å². The molecule has 33 heavy (non-hydrogen) atoms. The average Bonchev–Trinajstić information content (AvgIpc) is 2.76. The van der Waals surface area contributed by atoms with E-state index >= 15 is 0 Å². The first-order valence-electron chi connectivity index (χ1n) is 10.2. The number of nitrogens with one attached hydrogen (secondary N) is 3. The van der Waals surface area contributed by atoms with Crippen LogP contribution in [0.1, 0.15) is 40.0 Å². The first-order valence-corrected chi connectivity index (χ1v) is 11.2. The summed E-state index contributed by atoms with van der Waals surface area (Å²) < 4.78 is 9.58. The van der Waals surface area contributed by atoms with Crippen molar-refractivity contribution in [3.05, 3.63) is 0 Å². The second-order valence-corrected chi connectivity index (χ2v) is 8.77. The zero-order valence-corrected chi connectivity index (χ0v) is 20.2. The summed E-state index contributed by atoms with van der Waals surface area (Å²) >= 11 is 0.991. The predicted octanol–water partition coefficient (Wildman–Crippen LogP) is -1.11. The topological polar surface area (TPSA) is 177 Å².